The van der Waals surface area contributed by atoms with Gasteiger partial charge in [-0.2, -0.15) is 0 Å². The van der Waals surface area contributed by atoms with Crippen molar-refractivity contribution in [1.82, 2.24) is 5.32 Å². The van der Waals surface area contributed by atoms with Crippen molar-refractivity contribution in [3.05, 3.63) is 37.6 Å². The molecule has 0 bridgehead atoms. The minimum atomic E-state index is 0.737. The molecule has 70 valence electrons. The summed E-state index contributed by atoms with van der Waals surface area (Å²) < 4.78 is 0. The number of rotatable bonds is 5. The predicted molar refractivity (Wildman–Crippen MR) is 56.9 cm³/mol. The van der Waals surface area contributed by atoms with Crippen molar-refractivity contribution >= 4 is 0 Å². The molecule has 0 saturated heterocycles. The third-order valence-corrected chi connectivity index (χ3v) is 1.24. The van der Waals surface area contributed by atoms with Crippen molar-refractivity contribution in [2.75, 3.05) is 13.1 Å². The third kappa shape index (κ3) is 8.98. The van der Waals surface area contributed by atoms with Crippen LogP contribution in [-0.2, 0) is 0 Å². The van der Waals surface area contributed by atoms with E-state index in [2.05, 4.69) is 25.1 Å². The lowest BCUT2D eigenvalue weighted by molar-refractivity contribution is 0.743. The molecule has 0 saturated carbocycles. The number of nitrogens with two attached hydrogens (primary N) is 1. The highest BCUT2D eigenvalue weighted by molar-refractivity contribution is 5.12. The summed E-state index contributed by atoms with van der Waals surface area (Å²) in [5, 5.41) is 3.18. The van der Waals surface area contributed by atoms with Crippen molar-refractivity contribution in [3.8, 4) is 0 Å². The first-order valence-corrected chi connectivity index (χ1v) is 4.07. The number of allylic oxidation sites excluding steroid dienone is 2. The van der Waals surface area contributed by atoms with Crippen LogP contribution in [0, 0.1) is 0 Å². The van der Waals surface area contributed by atoms with E-state index >= 15 is 0 Å². The Kier molecular flexibility index (Phi) is 14.3. The SMILES string of the molecule is C=C.C=C/C(=C\C)NCCCN. The molecule has 0 aliphatic heterocycles. The molecule has 0 unspecified atom stereocenters. The average molecular weight is 168 g/mol. The molecule has 0 aromatic carbocycles. The number of hydrogen-bond acceptors (Lipinski definition) is 2. The Bertz CT molecular complexity index is 128. The summed E-state index contributed by atoms with van der Waals surface area (Å²) in [4.78, 5) is 0. The topological polar surface area (TPSA) is 38.0 Å². The molecule has 0 spiro atoms. The van der Waals surface area contributed by atoms with Crippen LogP contribution in [0.4, 0.5) is 0 Å². The standard InChI is InChI=1S/C8H16N2.C2H4/c1-3-8(4-2)10-7-5-6-9;1-2/h3-4,10H,1,5-7,9H2,2H3;1-2H2/b8-4+;. The van der Waals surface area contributed by atoms with Crippen LogP contribution in [0.2, 0.25) is 0 Å². The number of nitrogens with one attached hydrogen (secondary N) is 1. The fraction of sp³-hybridized carbons (Fsp3) is 0.400. The molecule has 0 aliphatic carbocycles. The van der Waals surface area contributed by atoms with Crippen LogP contribution < -0.4 is 11.1 Å². The Balaban J connectivity index is 0. The van der Waals surface area contributed by atoms with Gasteiger partial charge in [-0.3, -0.25) is 0 Å². The van der Waals surface area contributed by atoms with E-state index in [0.717, 1.165) is 25.2 Å². The van der Waals surface area contributed by atoms with Gasteiger partial charge in [0.2, 0.25) is 0 Å². The largest absolute Gasteiger partial charge is 0.385 e. The van der Waals surface area contributed by atoms with Gasteiger partial charge in [0, 0.05) is 12.2 Å². The van der Waals surface area contributed by atoms with Crippen LogP contribution in [0.5, 0.6) is 0 Å². The zero-order valence-electron chi connectivity index (χ0n) is 7.97. The zero-order valence-corrected chi connectivity index (χ0v) is 7.97. The predicted octanol–water partition coefficient (Wildman–Crippen LogP) is 1.82. The smallest absolute Gasteiger partial charge is 0.0290 e. The Morgan fingerprint density at radius 2 is 2.08 bits per heavy atom. The molecule has 0 aliphatic rings. The van der Waals surface area contributed by atoms with Crippen LogP contribution in [0.1, 0.15) is 13.3 Å². The van der Waals surface area contributed by atoms with Gasteiger partial charge in [0.05, 0.1) is 0 Å². The van der Waals surface area contributed by atoms with Crippen molar-refractivity contribution in [1.29, 1.82) is 0 Å². The second-order valence-electron chi connectivity index (χ2n) is 2.02. The number of hydrogen-bond donors (Lipinski definition) is 2. The maximum atomic E-state index is 5.31. The summed E-state index contributed by atoms with van der Waals surface area (Å²) in [6.45, 7) is 13.3. The van der Waals surface area contributed by atoms with E-state index in [4.69, 9.17) is 5.73 Å². The van der Waals surface area contributed by atoms with Crippen molar-refractivity contribution < 1.29 is 0 Å². The van der Waals surface area contributed by atoms with Gasteiger partial charge in [0.25, 0.3) is 0 Å². The van der Waals surface area contributed by atoms with Crippen molar-refractivity contribution in [2.24, 2.45) is 5.73 Å². The lowest BCUT2D eigenvalue weighted by Crippen LogP contribution is -2.16. The van der Waals surface area contributed by atoms with E-state index in [1.54, 1.807) is 6.08 Å². The van der Waals surface area contributed by atoms with Crippen LogP contribution in [-0.4, -0.2) is 13.1 Å². The monoisotopic (exact) mass is 168 g/mol. The van der Waals surface area contributed by atoms with Gasteiger partial charge < -0.3 is 11.1 Å². The molecule has 0 radical (unpaired) electrons. The van der Waals surface area contributed by atoms with Gasteiger partial charge in [-0.15, -0.1) is 13.2 Å². The van der Waals surface area contributed by atoms with Gasteiger partial charge in [-0.05, 0) is 26.0 Å². The van der Waals surface area contributed by atoms with E-state index in [-0.39, 0.29) is 0 Å². The molecule has 0 rings (SSSR count). The maximum absolute atomic E-state index is 5.31. The summed E-state index contributed by atoms with van der Waals surface area (Å²) in [5.74, 6) is 0. The second-order valence-corrected chi connectivity index (χ2v) is 2.02. The van der Waals surface area contributed by atoms with Gasteiger partial charge in [0.15, 0.2) is 0 Å². The summed E-state index contributed by atoms with van der Waals surface area (Å²) in [6, 6.07) is 0. The maximum Gasteiger partial charge on any atom is 0.0290 e. The highest BCUT2D eigenvalue weighted by Crippen LogP contribution is 1.87. The molecular weight excluding hydrogens is 148 g/mol. The molecule has 12 heavy (non-hydrogen) atoms. The lowest BCUT2D eigenvalue weighted by atomic mass is 10.3. The van der Waals surface area contributed by atoms with Crippen molar-refractivity contribution in [2.45, 2.75) is 13.3 Å². The van der Waals surface area contributed by atoms with Crippen LogP contribution >= 0.6 is 0 Å². The van der Waals surface area contributed by atoms with Crippen LogP contribution in [0.15, 0.2) is 37.6 Å². The Labute approximate surface area is 75.9 Å². The molecule has 0 fully saturated rings. The first-order valence-electron chi connectivity index (χ1n) is 4.07. The third-order valence-electron chi connectivity index (χ3n) is 1.24. The van der Waals surface area contributed by atoms with E-state index < -0.39 is 0 Å². The first-order chi connectivity index (χ1) is 5.85. The Morgan fingerprint density at radius 3 is 2.42 bits per heavy atom. The Hall–Kier alpha value is -1.02. The minimum Gasteiger partial charge on any atom is -0.385 e. The van der Waals surface area contributed by atoms with Gasteiger partial charge in [0.1, 0.15) is 0 Å². The van der Waals surface area contributed by atoms with Crippen molar-refractivity contribution in [3.63, 3.8) is 0 Å². The highest BCUT2D eigenvalue weighted by atomic mass is 14.9. The van der Waals surface area contributed by atoms with E-state index in [9.17, 15) is 0 Å². The lowest BCUT2D eigenvalue weighted by Gasteiger charge is -2.03. The fourth-order valence-electron chi connectivity index (χ4n) is 0.627. The normalized spacial score (nSPS) is 9.67. The molecule has 0 aromatic heterocycles. The zero-order chi connectivity index (χ0) is 9.82. The minimum absolute atomic E-state index is 0.737. The molecule has 0 amide bonds. The summed E-state index contributed by atoms with van der Waals surface area (Å²) in [7, 11) is 0. The molecular formula is C10H20N2. The van der Waals surface area contributed by atoms with Gasteiger partial charge >= 0.3 is 0 Å². The average Bonchev–Trinajstić information content (AvgIpc) is 2.16. The van der Waals surface area contributed by atoms with Gasteiger partial charge in [-0.25, -0.2) is 0 Å². The quantitative estimate of drug-likeness (QED) is 0.373. The molecule has 2 heteroatoms. The van der Waals surface area contributed by atoms with E-state index in [0.29, 0.717) is 0 Å². The summed E-state index contributed by atoms with van der Waals surface area (Å²) in [5.41, 5.74) is 6.39. The van der Waals surface area contributed by atoms with Crippen LogP contribution in [0.25, 0.3) is 0 Å². The fourth-order valence-corrected chi connectivity index (χ4v) is 0.627. The van der Waals surface area contributed by atoms with E-state index in [1.807, 2.05) is 13.0 Å². The second kappa shape index (κ2) is 12.6. The molecule has 2 nitrogen and oxygen atoms in total. The summed E-state index contributed by atoms with van der Waals surface area (Å²) >= 11 is 0. The first kappa shape index (κ1) is 13.6. The Morgan fingerprint density at radius 1 is 1.50 bits per heavy atom. The molecule has 0 aromatic rings. The van der Waals surface area contributed by atoms with Crippen LogP contribution in [0.3, 0.4) is 0 Å². The highest BCUT2D eigenvalue weighted by Gasteiger charge is 1.85. The summed E-state index contributed by atoms with van der Waals surface area (Å²) in [6.07, 6.45) is 4.80. The molecule has 3 N–H and O–H groups in total. The van der Waals surface area contributed by atoms with E-state index in [1.165, 1.54) is 0 Å². The molecule has 0 atom stereocenters. The molecule has 0 heterocycles. The van der Waals surface area contributed by atoms with Gasteiger partial charge in [-0.1, -0.05) is 12.7 Å².